The van der Waals surface area contributed by atoms with Gasteiger partial charge in [0, 0.05) is 23.1 Å². The van der Waals surface area contributed by atoms with E-state index in [-0.39, 0.29) is 9.92 Å². The van der Waals surface area contributed by atoms with Crippen molar-refractivity contribution in [2.75, 3.05) is 18.0 Å². The Morgan fingerprint density at radius 3 is 2.32 bits per heavy atom. The van der Waals surface area contributed by atoms with Gasteiger partial charge in [0.15, 0.2) is 0 Å². The zero-order chi connectivity index (χ0) is 19.7. The fourth-order valence-electron chi connectivity index (χ4n) is 3.31. The Kier molecular flexibility index (Phi) is 5.29. The molecule has 1 aliphatic rings. The third kappa shape index (κ3) is 3.73. The van der Waals surface area contributed by atoms with Crippen LogP contribution in [0.25, 0.3) is 11.5 Å². The van der Waals surface area contributed by atoms with Crippen molar-refractivity contribution in [3.05, 3.63) is 59.1 Å². The molecule has 4 rings (SSSR count). The summed E-state index contributed by atoms with van der Waals surface area (Å²) < 4.78 is 33.6. The molecule has 2 aromatic carbocycles. The summed E-state index contributed by atoms with van der Waals surface area (Å²) in [6.45, 7) is 3.73. The van der Waals surface area contributed by atoms with Gasteiger partial charge in [-0.05, 0) is 55.2 Å². The first-order chi connectivity index (χ1) is 13.4. The smallest absolute Gasteiger partial charge is 0.236 e. The second-order valence-electron chi connectivity index (χ2n) is 7.12. The molecular weight excluding hydrogens is 440 g/mol. The quantitative estimate of drug-likeness (QED) is 0.536. The van der Waals surface area contributed by atoms with E-state index in [2.05, 4.69) is 27.8 Å². The van der Waals surface area contributed by atoms with Gasteiger partial charge in [-0.3, -0.25) is 0 Å². The lowest BCUT2D eigenvalue weighted by Gasteiger charge is -2.30. The zero-order valence-corrected chi connectivity index (χ0v) is 17.9. The summed E-state index contributed by atoms with van der Waals surface area (Å²) in [5.74, 6) is 1.28. The number of anilines is 1. The van der Waals surface area contributed by atoms with Crippen molar-refractivity contribution < 1.29 is 12.8 Å². The minimum absolute atomic E-state index is 0.00817. The van der Waals surface area contributed by atoms with Gasteiger partial charge in [0.05, 0.1) is 4.90 Å². The number of halogens is 1. The molecule has 0 bridgehead atoms. The van der Waals surface area contributed by atoms with Crippen LogP contribution >= 0.6 is 15.9 Å². The van der Waals surface area contributed by atoms with E-state index >= 15 is 0 Å². The predicted molar refractivity (Wildman–Crippen MR) is 112 cm³/mol. The lowest BCUT2D eigenvalue weighted by Crippen LogP contribution is -2.33. The third-order valence-electron chi connectivity index (χ3n) is 5.05. The topological polar surface area (TPSA) is 63.4 Å². The molecule has 28 heavy (non-hydrogen) atoms. The molecule has 1 aliphatic heterocycles. The molecule has 1 aromatic heterocycles. The number of oxazole rings is 1. The Hall–Kier alpha value is -2.12. The standard InChI is InChI=1S/C21H21BrN2O3S/c1-15-11-13-24(14-12-15)21-20(28(25,26)18-5-3-2-4-6-18)23-19(27-21)16-7-9-17(22)10-8-16/h2-10,15H,11-14H2,1H3. The van der Waals surface area contributed by atoms with Gasteiger partial charge in [0.1, 0.15) is 0 Å². The van der Waals surface area contributed by atoms with Gasteiger partial charge in [0.2, 0.25) is 26.6 Å². The van der Waals surface area contributed by atoms with Crippen LogP contribution in [0.4, 0.5) is 5.88 Å². The van der Waals surface area contributed by atoms with Crippen LogP contribution in [0.1, 0.15) is 19.8 Å². The van der Waals surface area contributed by atoms with Crippen LogP contribution in [-0.2, 0) is 9.84 Å². The fraction of sp³-hybridized carbons (Fsp3) is 0.286. The van der Waals surface area contributed by atoms with E-state index in [1.54, 1.807) is 30.3 Å². The first-order valence-electron chi connectivity index (χ1n) is 9.27. The molecule has 1 saturated heterocycles. The van der Waals surface area contributed by atoms with Crippen LogP contribution in [0, 0.1) is 5.92 Å². The number of nitrogens with zero attached hydrogens (tertiary/aromatic N) is 2. The number of aromatic nitrogens is 1. The van der Waals surface area contributed by atoms with Crippen LogP contribution in [0.2, 0.25) is 0 Å². The number of sulfone groups is 1. The second-order valence-corrected chi connectivity index (χ2v) is 9.90. The Morgan fingerprint density at radius 1 is 1.04 bits per heavy atom. The highest BCUT2D eigenvalue weighted by Crippen LogP contribution is 2.36. The Labute approximate surface area is 173 Å². The highest BCUT2D eigenvalue weighted by Gasteiger charge is 2.32. The number of hydrogen-bond acceptors (Lipinski definition) is 5. The molecule has 1 fully saturated rings. The van der Waals surface area contributed by atoms with E-state index in [9.17, 15) is 8.42 Å². The lowest BCUT2D eigenvalue weighted by molar-refractivity contribution is 0.415. The Bertz CT molecular complexity index is 1050. The van der Waals surface area contributed by atoms with Gasteiger partial charge in [-0.25, -0.2) is 8.42 Å². The molecule has 0 radical (unpaired) electrons. The van der Waals surface area contributed by atoms with E-state index in [0.29, 0.717) is 17.7 Å². The van der Waals surface area contributed by atoms with Crippen LogP contribution in [0.3, 0.4) is 0 Å². The summed E-state index contributed by atoms with van der Waals surface area (Å²) in [7, 11) is -3.78. The van der Waals surface area contributed by atoms with Crippen LogP contribution < -0.4 is 4.90 Å². The van der Waals surface area contributed by atoms with Crippen molar-refractivity contribution in [3.63, 3.8) is 0 Å². The van der Waals surface area contributed by atoms with E-state index in [1.165, 1.54) is 0 Å². The molecule has 0 amide bonds. The third-order valence-corrected chi connectivity index (χ3v) is 7.25. The van der Waals surface area contributed by atoms with Crippen LogP contribution in [0.5, 0.6) is 0 Å². The van der Waals surface area contributed by atoms with Gasteiger partial charge >= 0.3 is 0 Å². The van der Waals surface area contributed by atoms with Crippen molar-refractivity contribution in [1.29, 1.82) is 0 Å². The maximum atomic E-state index is 13.3. The molecular formula is C21H21BrN2O3S. The summed E-state index contributed by atoms with van der Waals surface area (Å²) in [5, 5.41) is -0.00817. The normalized spacial score (nSPS) is 15.7. The fourth-order valence-corrected chi connectivity index (χ4v) is 4.92. The van der Waals surface area contributed by atoms with Gasteiger partial charge in [-0.1, -0.05) is 41.1 Å². The predicted octanol–water partition coefficient (Wildman–Crippen LogP) is 5.17. The Morgan fingerprint density at radius 2 is 1.68 bits per heavy atom. The molecule has 0 saturated carbocycles. The van der Waals surface area contributed by atoms with E-state index in [0.717, 1.165) is 36.0 Å². The van der Waals surface area contributed by atoms with E-state index in [1.807, 2.05) is 29.2 Å². The zero-order valence-electron chi connectivity index (χ0n) is 15.5. The maximum Gasteiger partial charge on any atom is 0.236 e. The molecule has 0 atom stereocenters. The SMILES string of the molecule is CC1CCN(c2oc(-c3ccc(Br)cc3)nc2S(=O)(=O)c2ccccc2)CC1. The molecule has 0 unspecified atom stereocenters. The van der Waals surface area contributed by atoms with Crippen molar-refractivity contribution >= 4 is 31.7 Å². The number of hydrogen-bond donors (Lipinski definition) is 0. The summed E-state index contributed by atoms with van der Waals surface area (Å²) >= 11 is 3.41. The van der Waals surface area contributed by atoms with E-state index < -0.39 is 9.84 Å². The minimum atomic E-state index is -3.78. The number of piperidine rings is 1. The average molecular weight is 461 g/mol. The second kappa shape index (κ2) is 7.72. The molecule has 5 nitrogen and oxygen atoms in total. The van der Waals surface area contributed by atoms with E-state index in [4.69, 9.17) is 4.42 Å². The van der Waals surface area contributed by atoms with Crippen molar-refractivity contribution in [1.82, 2.24) is 4.98 Å². The van der Waals surface area contributed by atoms with Gasteiger partial charge in [-0.2, -0.15) is 4.98 Å². The molecule has 0 N–H and O–H groups in total. The molecule has 0 aliphatic carbocycles. The Balaban J connectivity index is 1.82. The summed E-state index contributed by atoms with van der Waals surface area (Å²) in [6, 6.07) is 15.9. The van der Waals surface area contributed by atoms with Crippen LogP contribution in [-0.4, -0.2) is 26.5 Å². The maximum absolute atomic E-state index is 13.3. The first-order valence-corrected chi connectivity index (χ1v) is 11.5. The highest BCUT2D eigenvalue weighted by molar-refractivity contribution is 9.10. The largest absolute Gasteiger partial charge is 0.419 e. The molecule has 146 valence electrons. The number of rotatable bonds is 4. The monoisotopic (exact) mass is 460 g/mol. The van der Waals surface area contributed by atoms with Crippen molar-refractivity contribution in [2.24, 2.45) is 5.92 Å². The van der Waals surface area contributed by atoms with Gasteiger partial charge in [0.25, 0.3) is 0 Å². The summed E-state index contributed by atoms with van der Waals surface area (Å²) in [4.78, 5) is 6.67. The molecule has 3 aromatic rings. The van der Waals surface area contributed by atoms with Crippen molar-refractivity contribution in [3.8, 4) is 11.5 Å². The molecule has 0 spiro atoms. The first kappa shape index (κ1) is 19.2. The summed E-state index contributed by atoms with van der Waals surface area (Å²) in [6.07, 6.45) is 2.00. The number of benzene rings is 2. The molecule has 2 heterocycles. The minimum Gasteiger partial charge on any atom is -0.419 e. The average Bonchev–Trinajstić information content (AvgIpc) is 3.16. The summed E-state index contributed by atoms with van der Waals surface area (Å²) in [5.41, 5.74) is 0.740. The van der Waals surface area contributed by atoms with Gasteiger partial charge in [-0.15, -0.1) is 0 Å². The van der Waals surface area contributed by atoms with Crippen LogP contribution in [0.15, 0.2) is 73.4 Å². The lowest BCUT2D eigenvalue weighted by atomic mass is 9.99. The molecule has 7 heteroatoms. The highest BCUT2D eigenvalue weighted by atomic mass is 79.9. The van der Waals surface area contributed by atoms with Gasteiger partial charge < -0.3 is 9.32 Å². The van der Waals surface area contributed by atoms with Crippen molar-refractivity contribution in [2.45, 2.75) is 29.7 Å².